The summed E-state index contributed by atoms with van der Waals surface area (Å²) < 4.78 is 25.7. The number of aromatic amines is 1. The zero-order valence-electron chi connectivity index (χ0n) is 14.5. The SMILES string of the molecule is Fc1c[c-]c(-c2ncccn2)c(F)c1.O=c1cc(-c2ccccn2)[n-]c(=O)[nH]1.[Ir]. The molecule has 1 radical (unpaired) electrons. The summed E-state index contributed by atoms with van der Waals surface area (Å²) in [7, 11) is 0. The van der Waals surface area contributed by atoms with Gasteiger partial charge < -0.3 is 9.97 Å². The summed E-state index contributed by atoms with van der Waals surface area (Å²) in [5, 5.41) is 0. The van der Waals surface area contributed by atoms with Crippen LogP contribution in [0.1, 0.15) is 0 Å². The van der Waals surface area contributed by atoms with Gasteiger partial charge in [-0.1, -0.05) is 17.7 Å². The number of rotatable bonds is 2. The number of benzene rings is 1. The minimum atomic E-state index is -0.712. The molecule has 0 amide bonds. The molecule has 0 saturated heterocycles. The first-order valence-corrected chi connectivity index (χ1v) is 7.87. The largest absolute Gasteiger partial charge is 0.399 e. The van der Waals surface area contributed by atoms with Crippen LogP contribution in [0.3, 0.4) is 0 Å². The van der Waals surface area contributed by atoms with Crippen molar-refractivity contribution in [2.24, 2.45) is 0 Å². The fourth-order valence-electron chi connectivity index (χ4n) is 2.13. The van der Waals surface area contributed by atoms with Crippen molar-refractivity contribution in [3.05, 3.63) is 99.6 Å². The van der Waals surface area contributed by atoms with E-state index in [4.69, 9.17) is 0 Å². The van der Waals surface area contributed by atoms with Crippen molar-refractivity contribution in [3.63, 3.8) is 0 Å². The van der Waals surface area contributed by atoms with Gasteiger partial charge in [-0.2, -0.15) is 0 Å². The third kappa shape index (κ3) is 6.06. The van der Waals surface area contributed by atoms with Gasteiger partial charge in [0.1, 0.15) is 0 Å². The first kappa shape index (κ1) is 21.9. The Bertz CT molecular complexity index is 1160. The minimum absolute atomic E-state index is 0. The normalized spacial score (nSPS) is 9.72. The van der Waals surface area contributed by atoms with E-state index in [1.807, 2.05) is 4.98 Å². The van der Waals surface area contributed by atoms with E-state index in [9.17, 15) is 18.4 Å². The first-order chi connectivity index (χ1) is 13.5. The van der Waals surface area contributed by atoms with Gasteiger partial charge in [-0.25, -0.2) is 0 Å². The Morgan fingerprint density at radius 1 is 0.966 bits per heavy atom. The maximum atomic E-state index is 13.2. The van der Waals surface area contributed by atoms with Gasteiger partial charge in [0.25, 0.3) is 0 Å². The maximum Gasteiger partial charge on any atom is 0.171 e. The molecule has 1 aromatic carbocycles. The number of nitrogens with zero attached hydrogens (tertiary/aromatic N) is 4. The molecule has 0 aliphatic carbocycles. The number of hydrogen-bond donors (Lipinski definition) is 1. The number of pyridine rings is 1. The third-order valence-electron chi connectivity index (χ3n) is 3.29. The Labute approximate surface area is 176 Å². The molecule has 0 spiro atoms. The molecular formula is C19H11F2IrN5O2-2. The molecule has 0 aliphatic heterocycles. The Hall–Kier alpha value is -3.36. The molecule has 29 heavy (non-hydrogen) atoms. The van der Waals surface area contributed by atoms with Crippen LogP contribution in [-0.4, -0.2) is 19.9 Å². The maximum absolute atomic E-state index is 13.2. The van der Waals surface area contributed by atoms with Crippen LogP contribution < -0.4 is 16.2 Å². The van der Waals surface area contributed by atoms with Crippen LogP contribution >= 0.6 is 0 Å². The second kappa shape index (κ2) is 10.3. The van der Waals surface area contributed by atoms with Crippen LogP contribution in [0.25, 0.3) is 22.8 Å². The monoisotopic (exact) mass is 572 g/mol. The molecule has 0 saturated carbocycles. The molecule has 1 N–H and O–H groups in total. The fourth-order valence-corrected chi connectivity index (χ4v) is 2.13. The topological polar surface area (TPSA) is 103 Å². The number of hydrogen-bond acceptors (Lipinski definition) is 5. The van der Waals surface area contributed by atoms with E-state index in [0.29, 0.717) is 11.4 Å². The van der Waals surface area contributed by atoms with Crippen LogP contribution in [0.5, 0.6) is 0 Å². The van der Waals surface area contributed by atoms with Gasteiger partial charge in [-0.3, -0.25) is 33.3 Å². The smallest absolute Gasteiger partial charge is 0.171 e. The Morgan fingerprint density at radius 2 is 1.69 bits per heavy atom. The molecule has 0 atom stereocenters. The van der Waals surface area contributed by atoms with Gasteiger partial charge in [0.2, 0.25) is 0 Å². The number of halogens is 2. The molecule has 0 bridgehead atoms. The summed E-state index contributed by atoms with van der Waals surface area (Å²) in [6.45, 7) is 0. The average Bonchev–Trinajstić information content (AvgIpc) is 2.69. The van der Waals surface area contributed by atoms with Crippen LogP contribution in [0.15, 0.2) is 70.6 Å². The summed E-state index contributed by atoms with van der Waals surface area (Å²) >= 11 is 0. The molecule has 10 heteroatoms. The summed E-state index contributed by atoms with van der Waals surface area (Å²) in [5.41, 5.74) is -0.245. The van der Waals surface area contributed by atoms with Gasteiger partial charge in [0.15, 0.2) is 11.2 Å². The molecule has 0 unspecified atom stereocenters. The minimum Gasteiger partial charge on any atom is -0.399 e. The van der Waals surface area contributed by atoms with Crippen molar-refractivity contribution in [2.75, 3.05) is 0 Å². The number of H-pyrrole nitrogens is 1. The fraction of sp³-hybridized carbons (Fsp3) is 0. The van der Waals surface area contributed by atoms with E-state index in [-0.39, 0.29) is 31.5 Å². The van der Waals surface area contributed by atoms with Crippen LogP contribution in [0, 0.1) is 17.7 Å². The number of aromatic nitrogens is 5. The predicted molar refractivity (Wildman–Crippen MR) is 96.1 cm³/mol. The summed E-state index contributed by atoms with van der Waals surface area (Å²) in [5.74, 6) is -1.18. The standard InChI is InChI=1S/C10H5F2N2.C9H7N3O2.Ir/c11-7-2-3-8(9(12)6-7)10-13-4-1-5-14-10;13-8-5-7(11-9(14)12-8)6-3-1-2-4-10-6;/h1-2,4-6H;1-5H,(H2,11,12,13,14);/q-1;;/p-1. The number of nitrogens with one attached hydrogen (secondary N) is 1. The Kier molecular flexibility index (Phi) is 7.76. The molecule has 7 nitrogen and oxygen atoms in total. The van der Waals surface area contributed by atoms with E-state index in [1.165, 1.54) is 18.5 Å². The quantitative estimate of drug-likeness (QED) is 0.370. The van der Waals surface area contributed by atoms with Gasteiger partial charge in [-0.15, -0.1) is 12.1 Å². The van der Waals surface area contributed by atoms with E-state index < -0.39 is 22.9 Å². The zero-order chi connectivity index (χ0) is 19.9. The molecule has 0 fully saturated rings. The second-order valence-electron chi connectivity index (χ2n) is 5.26. The average molecular weight is 572 g/mol. The Balaban J connectivity index is 0.000000200. The molecule has 4 rings (SSSR count). The van der Waals surface area contributed by atoms with E-state index >= 15 is 0 Å². The summed E-state index contributed by atoms with van der Waals surface area (Å²) in [6.07, 6.45) is 4.54. The van der Waals surface area contributed by atoms with Crippen LogP contribution in [0.4, 0.5) is 8.78 Å². The third-order valence-corrected chi connectivity index (χ3v) is 3.29. The van der Waals surface area contributed by atoms with Crippen molar-refractivity contribution in [1.82, 2.24) is 24.9 Å². The summed E-state index contributed by atoms with van der Waals surface area (Å²) in [4.78, 5) is 39.2. The Morgan fingerprint density at radius 3 is 2.31 bits per heavy atom. The molecule has 149 valence electrons. The van der Waals surface area contributed by atoms with E-state index in [1.54, 1.807) is 30.5 Å². The van der Waals surface area contributed by atoms with Crippen molar-refractivity contribution in [2.45, 2.75) is 0 Å². The second-order valence-corrected chi connectivity index (χ2v) is 5.26. The van der Waals surface area contributed by atoms with Gasteiger partial charge in [-0.05, 0) is 30.0 Å². The van der Waals surface area contributed by atoms with Crippen molar-refractivity contribution < 1.29 is 28.9 Å². The van der Waals surface area contributed by atoms with Crippen molar-refractivity contribution in [3.8, 4) is 22.8 Å². The van der Waals surface area contributed by atoms with E-state index in [2.05, 4.69) is 26.0 Å². The van der Waals surface area contributed by atoms with Gasteiger partial charge >= 0.3 is 0 Å². The van der Waals surface area contributed by atoms with Crippen LogP contribution in [-0.2, 0) is 20.1 Å². The summed E-state index contributed by atoms with van der Waals surface area (Å²) in [6, 6.07) is 12.3. The van der Waals surface area contributed by atoms with Gasteiger partial charge in [0, 0.05) is 50.3 Å². The van der Waals surface area contributed by atoms with Crippen molar-refractivity contribution in [1.29, 1.82) is 0 Å². The van der Waals surface area contributed by atoms with E-state index in [0.717, 1.165) is 12.1 Å². The van der Waals surface area contributed by atoms with Gasteiger partial charge in [0.05, 0.1) is 11.5 Å². The molecule has 3 aromatic heterocycles. The zero-order valence-corrected chi connectivity index (χ0v) is 16.9. The molecule has 3 heterocycles. The predicted octanol–water partition coefficient (Wildman–Crippen LogP) is 1.97. The van der Waals surface area contributed by atoms with Crippen LogP contribution in [0.2, 0.25) is 0 Å². The van der Waals surface area contributed by atoms with Crippen molar-refractivity contribution >= 4 is 0 Å². The molecular weight excluding hydrogens is 560 g/mol. The first-order valence-electron chi connectivity index (χ1n) is 7.87. The molecule has 4 aromatic rings. The molecule has 0 aliphatic rings.